The lowest BCUT2D eigenvalue weighted by Gasteiger charge is -2.16. The highest BCUT2D eigenvalue weighted by Crippen LogP contribution is 2.00. The predicted molar refractivity (Wildman–Crippen MR) is 70.5 cm³/mol. The summed E-state index contributed by atoms with van der Waals surface area (Å²) < 4.78 is 9.01. The summed E-state index contributed by atoms with van der Waals surface area (Å²) in [5.74, 6) is 0.958. The second-order valence-electron chi connectivity index (χ2n) is 4.44. The molecule has 7 heteroatoms. The molecule has 7 nitrogen and oxygen atoms in total. The van der Waals surface area contributed by atoms with Gasteiger partial charge in [0.25, 0.3) is 0 Å². The molecule has 104 valence electrons. The fraction of sp³-hybridized carbons (Fsp3) is 0.583. The van der Waals surface area contributed by atoms with Gasteiger partial charge in [0.1, 0.15) is 12.2 Å². The quantitative estimate of drug-likeness (QED) is 0.684. The molecule has 2 rings (SSSR count). The molecule has 2 aromatic rings. The Labute approximate surface area is 112 Å². The van der Waals surface area contributed by atoms with Crippen LogP contribution in [0.2, 0.25) is 0 Å². The van der Waals surface area contributed by atoms with E-state index in [-0.39, 0.29) is 0 Å². The zero-order valence-corrected chi connectivity index (χ0v) is 11.4. The van der Waals surface area contributed by atoms with E-state index in [1.165, 1.54) is 0 Å². The van der Waals surface area contributed by atoms with Crippen molar-refractivity contribution in [1.29, 1.82) is 0 Å². The highest BCUT2D eigenvalue weighted by atomic mass is 16.5. The molecular formula is C12H20N6O. The summed E-state index contributed by atoms with van der Waals surface area (Å²) in [6.07, 6.45) is 5.51. The Morgan fingerprint density at radius 3 is 3.00 bits per heavy atom. The van der Waals surface area contributed by atoms with E-state index in [2.05, 4.69) is 27.2 Å². The Hall–Kier alpha value is -1.73. The number of aromatic nitrogens is 5. The number of rotatable bonds is 8. The van der Waals surface area contributed by atoms with Crippen molar-refractivity contribution in [3.8, 4) is 0 Å². The molecule has 0 amide bonds. The van der Waals surface area contributed by atoms with Gasteiger partial charge in [-0.2, -0.15) is 5.10 Å². The average molecular weight is 264 g/mol. The monoisotopic (exact) mass is 264 g/mol. The molecule has 2 aromatic heterocycles. The van der Waals surface area contributed by atoms with Gasteiger partial charge in [-0.1, -0.05) is 0 Å². The second kappa shape index (κ2) is 7.01. The first-order valence-corrected chi connectivity index (χ1v) is 6.31. The van der Waals surface area contributed by atoms with Gasteiger partial charge in [-0.05, 0) is 13.1 Å². The predicted octanol–water partition coefficient (Wildman–Crippen LogP) is 0.253. The van der Waals surface area contributed by atoms with Crippen LogP contribution in [0.1, 0.15) is 5.82 Å². The summed E-state index contributed by atoms with van der Waals surface area (Å²) >= 11 is 0. The van der Waals surface area contributed by atoms with Gasteiger partial charge >= 0.3 is 0 Å². The van der Waals surface area contributed by atoms with Crippen LogP contribution in [0.25, 0.3) is 0 Å². The van der Waals surface area contributed by atoms with Gasteiger partial charge in [0.2, 0.25) is 0 Å². The summed E-state index contributed by atoms with van der Waals surface area (Å²) in [5.41, 5.74) is 0. The summed E-state index contributed by atoms with van der Waals surface area (Å²) in [4.78, 5) is 2.20. The van der Waals surface area contributed by atoms with Gasteiger partial charge in [0.15, 0.2) is 0 Å². The Kier molecular flexibility index (Phi) is 5.05. The Morgan fingerprint density at radius 1 is 1.37 bits per heavy atom. The Morgan fingerprint density at radius 2 is 2.26 bits per heavy atom. The smallest absolute Gasteiger partial charge is 0.147 e. The number of hydrogen-bond donors (Lipinski definition) is 0. The molecule has 0 radical (unpaired) electrons. The van der Waals surface area contributed by atoms with Crippen molar-refractivity contribution in [2.24, 2.45) is 0 Å². The second-order valence-corrected chi connectivity index (χ2v) is 4.44. The fourth-order valence-electron chi connectivity index (χ4n) is 1.80. The van der Waals surface area contributed by atoms with E-state index in [1.54, 1.807) is 19.6 Å². The summed E-state index contributed by atoms with van der Waals surface area (Å²) in [6.45, 7) is 4.01. The third-order valence-electron chi connectivity index (χ3n) is 2.91. The zero-order chi connectivity index (χ0) is 13.5. The minimum absolute atomic E-state index is 0.669. The standard InChI is InChI=1S/C12H20N6O/c1-16(6-7-18-5-3-4-14-18)10-12-15-13-11-17(12)8-9-19-2/h3-5,11H,6-10H2,1-2H3. The van der Waals surface area contributed by atoms with Gasteiger partial charge in [0, 0.05) is 32.6 Å². The van der Waals surface area contributed by atoms with Gasteiger partial charge in [-0.25, -0.2) is 0 Å². The van der Waals surface area contributed by atoms with E-state index < -0.39 is 0 Å². The van der Waals surface area contributed by atoms with Gasteiger partial charge in [0.05, 0.1) is 19.7 Å². The third kappa shape index (κ3) is 4.15. The van der Waals surface area contributed by atoms with E-state index in [9.17, 15) is 0 Å². The van der Waals surface area contributed by atoms with Crippen LogP contribution in [-0.2, 0) is 24.4 Å². The molecule has 0 aromatic carbocycles. The first-order chi connectivity index (χ1) is 9.29. The number of nitrogens with zero attached hydrogens (tertiary/aromatic N) is 6. The number of likely N-dealkylation sites (N-methyl/N-ethyl adjacent to an activating group) is 1. The number of hydrogen-bond acceptors (Lipinski definition) is 5. The van der Waals surface area contributed by atoms with Crippen LogP contribution < -0.4 is 0 Å². The van der Waals surface area contributed by atoms with Crippen LogP contribution >= 0.6 is 0 Å². The van der Waals surface area contributed by atoms with Crippen molar-refractivity contribution >= 4 is 0 Å². The molecule has 0 fully saturated rings. The van der Waals surface area contributed by atoms with Crippen LogP contribution in [0.3, 0.4) is 0 Å². The van der Waals surface area contributed by atoms with Crippen molar-refractivity contribution in [2.75, 3.05) is 27.3 Å². The van der Waals surface area contributed by atoms with E-state index in [4.69, 9.17) is 4.74 Å². The molecule has 0 atom stereocenters. The lowest BCUT2D eigenvalue weighted by molar-refractivity contribution is 0.184. The van der Waals surface area contributed by atoms with Crippen LogP contribution in [0.15, 0.2) is 24.8 Å². The number of methoxy groups -OCH3 is 1. The topological polar surface area (TPSA) is 61.0 Å². The summed E-state index contributed by atoms with van der Waals surface area (Å²) in [7, 11) is 3.76. The normalized spacial score (nSPS) is 11.3. The molecule has 0 aliphatic heterocycles. The first-order valence-electron chi connectivity index (χ1n) is 6.31. The lowest BCUT2D eigenvalue weighted by Crippen LogP contribution is -2.25. The maximum atomic E-state index is 5.07. The van der Waals surface area contributed by atoms with Crippen LogP contribution in [0, 0.1) is 0 Å². The summed E-state index contributed by atoms with van der Waals surface area (Å²) in [5, 5.41) is 12.3. The lowest BCUT2D eigenvalue weighted by atomic mass is 10.4. The van der Waals surface area contributed by atoms with Crippen LogP contribution in [0.5, 0.6) is 0 Å². The Balaban J connectivity index is 1.81. The molecule has 0 saturated heterocycles. The van der Waals surface area contributed by atoms with Crippen molar-refractivity contribution in [3.05, 3.63) is 30.6 Å². The minimum atomic E-state index is 0.669. The van der Waals surface area contributed by atoms with E-state index in [0.717, 1.165) is 32.0 Å². The molecule has 19 heavy (non-hydrogen) atoms. The van der Waals surface area contributed by atoms with E-state index in [1.807, 2.05) is 21.5 Å². The van der Waals surface area contributed by atoms with Crippen molar-refractivity contribution in [3.63, 3.8) is 0 Å². The van der Waals surface area contributed by atoms with E-state index in [0.29, 0.717) is 6.61 Å². The highest BCUT2D eigenvalue weighted by Gasteiger charge is 2.07. The van der Waals surface area contributed by atoms with Crippen molar-refractivity contribution in [1.82, 2.24) is 29.4 Å². The molecular weight excluding hydrogens is 244 g/mol. The highest BCUT2D eigenvalue weighted by molar-refractivity contribution is 4.85. The third-order valence-corrected chi connectivity index (χ3v) is 2.91. The zero-order valence-electron chi connectivity index (χ0n) is 11.4. The maximum absolute atomic E-state index is 5.07. The molecule has 0 N–H and O–H groups in total. The Bertz CT molecular complexity index is 466. The molecule has 0 unspecified atom stereocenters. The molecule has 0 spiro atoms. The van der Waals surface area contributed by atoms with Crippen molar-refractivity contribution < 1.29 is 4.74 Å². The van der Waals surface area contributed by atoms with Gasteiger partial charge in [-0.3, -0.25) is 9.58 Å². The molecule has 0 aliphatic rings. The van der Waals surface area contributed by atoms with E-state index >= 15 is 0 Å². The fourth-order valence-corrected chi connectivity index (χ4v) is 1.80. The van der Waals surface area contributed by atoms with Gasteiger partial charge < -0.3 is 9.30 Å². The van der Waals surface area contributed by atoms with Crippen molar-refractivity contribution in [2.45, 2.75) is 19.6 Å². The molecule has 0 aliphatic carbocycles. The van der Waals surface area contributed by atoms with Crippen LogP contribution in [-0.4, -0.2) is 56.8 Å². The molecule has 0 saturated carbocycles. The molecule has 2 heterocycles. The average Bonchev–Trinajstić information content (AvgIpc) is 3.05. The number of ether oxygens (including phenoxy) is 1. The SMILES string of the molecule is COCCn1cnnc1CN(C)CCn1cccn1. The van der Waals surface area contributed by atoms with Gasteiger partial charge in [-0.15, -0.1) is 10.2 Å². The largest absolute Gasteiger partial charge is 0.383 e. The maximum Gasteiger partial charge on any atom is 0.147 e. The molecule has 0 bridgehead atoms. The minimum Gasteiger partial charge on any atom is -0.383 e. The van der Waals surface area contributed by atoms with Crippen LogP contribution in [0.4, 0.5) is 0 Å². The first kappa shape index (κ1) is 13.7. The summed E-state index contributed by atoms with van der Waals surface area (Å²) in [6, 6.07) is 1.93.